The summed E-state index contributed by atoms with van der Waals surface area (Å²) in [5.41, 5.74) is 0.842. The number of nitrogens with zero attached hydrogens (tertiary/aromatic N) is 2. The highest BCUT2D eigenvalue weighted by atomic mass is 19.1. The van der Waals surface area contributed by atoms with Crippen molar-refractivity contribution >= 4 is 5.82 Å². The summed E-state index contributed by atoms with van der Waals surface area (Å²) >= 11 is 0. The molecule has 0 amide bonds. The van der Waals surface area contributed by atoms with Gasteiger partial charge in [0.1, 0.15) is 23.8 Å². The first-order valence-electron chi connectivity index (χ1n) is 6.29. The molecule has 106 valence electrons. The van der Waals surface area contributed by atoms with E-state index in [1.807, 2.05) is 7.05 Å². The van der Waals surface area contributed by atoms with Gasteiger partial charge in [-0.05, 0) is 13.1 Å². The lowest BCUT2D eigenvalue weighted by molar-refractivity contribution is -0.00461. The Balaban J connectivity index is 2.22. The molecule has 1 aromatic heterocycles. The maximum atomic E-state index is 13.3. The summed E-state index contributed by atoms with van der Waals surface area (Å²) < 4.78 is 24.1. The van der Waals surface area contributed by atoms with Crippen molar-refractivity contribution in [3.8, 4) is 0 Å². The fourth-order valence-corrected chi connectivity index (χ4v) is 2.45. The molecule has 0 aliphatic carbocycles. The van der Waals surface area contributed by atoms with Crippen molar-refractivity contribution in [1.82, 2.24) is 10.3 Å². The Bertz CT molecular complexity index is 418. The van der Waals surface area contributed by atoms with Crippen molar-refractivity contribution in [2.75, 3.05) is 39.3 Å². The van der Waals surface area contributed by atoms with Gasteiger partial charge in [0.25, 0.3) is 0 Å². The SMILES string of the molecule is CNCc1cc(F)cnc1N1CC(OC)C(OC)C1. The van der Waals surface area contributed by atoms with Crippen LogP contribution in [0.15, 0.2) is 12.3 Å². The molecule has 1 saturated heterocycles. The maximum Gasteiger partial charge on any atom is 0.141 e. The van der Waals surface area contributed by atoms with Crippen LogP contribution in [0.1, 0.15) is 5.56 Å². The summed E-state index contributed by atoms with van der Waals surface area (Å²) in [6.07, 6.45) is 1.27. The van der Waals surface area contributed by atoms with E-state index in [1.54, 1.807) is 14.2 Å². The number of pyridine rings is 1. The quantitative estimate of drug-likeness (QED) is 0.856. The minimum Gasteiger partial charge on any atom is -0.377 e. The average Bonchev–Trinajstić information content (AvgIpc) is 2.82. The molecular weight excluding hydrogens is 249 g/mol. The molecule has 2 atom stereocenters. The fraction of sp³-hybridized carbons (Fsp3) is 0.615. The first-order chi connectivity index (χ1) is 9.19. The van der Waals surface area contributed by atoms with Gasteiger partial charge in [-0.25, -0.2) is 9.37 Å². The second-order valence-electron chi connectivity index (χ2n) is 4.62. The summed E-state index contributed by atoms with van der Waals surface area (Å²) in [5.74, 6) is 0.470. The molecule has 19 heavy (non-hydrogen) atoms. The molecule has 2 unspecified atom stereocenters. The minimum atomic E-state index is -0.320. The molecule has 0 spiro atoms. The van der Waals surface area contributed by atoms with Crippen LogP contribution in [-0.4, -0.2) is 51.5 Å². The van der Waals surface area contributed by atoms with Crippen molar-refractivity contribution in [3.05, 3.63) is 23.6 Å². The predicted octanol–water partition coefficient (Wildman–Crippen LogP) is 0.790. The molecule has 0 saturated carbocycles. The third-order valence-corrected chi connectivity index (χ3v) is 3.40. The lowest BCUT2D eigenvalue weighted by Crippen LogP contribution is -2.27. The Morgan fingerprint density at radius 3 is 2.53 bits per heavy atom. The van der Waals surface area contributed by atoms with Crippen LogP contribution in [-0.2, 0) is 16.0 Å². The van der Waals surface area contributed by atoms with Crippen LogP contribution in [0, 0.1) is 5.82 Å². The van der Waals surface area contributed by atoms with E-state index < -0.39 is 0 Å². The van der Waals surface area contributed by atoms with Gasteiger partial charge in [-0.2, -0.15) is 0 Å². The van der Waals surface area contributed by atoms with Crippen molar-refractivity contribution in [1.29, 1.82) is 0 Å². The number of hydrogen-bond donors (Lipinski definition) is 1. The zero-order valence-corrected chi connectivity index (χ0v) is 11.5. The lowest BCUT2D eigenvalue weighted by atomic mass is 10.2. The van der Waals surface area contributed by atoms with Crippen LogP contribution in [0.4, 0.5) is 10.2 Å². The molecule has 1 aliphatic heterocycles. The number of aromatic nitrogens is 1. The standard InChI is InChI=1S/C13H20FN3O2/c1-15-5-9-4-10(14)6-16-13(9)17-7-11(18-2)12(8-17)19-3/h4,6,11-12,15H,5,7-8H2,1-3H3. The van der Waals surface area contributed by atoms with E-state index in [2.05, 4.69) is 15.2 Å². The highest BCUT2D eigenvalue weighted by Gasteiger charge is 2.34. The fourth-order valence-electron chi connectivity index (χ4n) is 2.45. The molecule has 1 aliphatic rings. The molecule has 6 heteroatoms. The van der Waals surface area contributed by atoms with E-state index in [0.717, 1.165) is 11.4 Å². The Labute approximate surface area is 112 Å². The lowest BCUT2D eigenvalue weighted by Gasteiger charge is -2.20. The molecule has 2 heterocycles. The first kappa shape index (κ1) is 14.2. The molecule has 0 aromatic carbocycles. The molecule has 5 nitrogen and oxygen atoms in total. The number of methoxy groups -OCH3 is 2. The van der Waals surface area contributed by atoms with Crippen LogP contribution >= 0.6 is 0 Å². The van der Waals surface area contributed by atoms with Gasteiger partial charge in [0.2, 0.25) is 0 Å². The van der Waals surface area contributed by atoms with Gasteiger partial charge in [-0.3, -0.25) is 0 Å². The van der Waals surface area contributed by atoms with Crippen molar-refractivity contribution in [3.63, 3.8) is 0 Å². The molecule has 1 aromatic rings. The summed E-state index contributed by atoms with van der Waals surface area (Å²) in [7, 11) is 5.17. The first-order valence-corrected chi connectivity index (χ1v) is 6.29. The van der Waals surface area contributed by atoms with E-state index in [-0.39, 0.29) is 18.0 Å². The van der Waals surface area contributed by atoms with Gasteiger partial charge in [0.15, 0.2) is 0 Å². The molecule has 2 rings (SSSR count). The van der Waals surface area contributed by atoms with Gasteiger partial charge in [0, 0.05) is 39.4 Å². The van der Waals surface area contributed by atoms with Gasteiger partial charge >= 0.3 is 0 Å². The zero-order chi connectivity index (χ0) is 13.8. The second kappa shape index (κ2) is 6.27. The zero-order valence-electron chi connectivity index (χ0n) is 11.5. The van der Waals surface area contributed by atoms with Gasteiger partial charge in [-0.15, -0.1) is 0 Å². The van der Waals surface area contributed by atoms with E-state index in [1.165, 1.54) is 12.3 Å². The van der Waals surface area contributed by atoms with Crippen molar-refractivity contribution in [2.45, 2.75) is 18.8 Å². The third-order valence-electron chi connectivity index (χ3n) is 3.40. The van der Waals surface area contributed by atoms with Gasteiger partial charge in [-0.1, -0.05) is 0 Å². The van der Waals surface area contributed by atoms with E-state index >= 15 is 0 Å². The number of nitrogens with one attached hydrogen (secondary N) is 1. The highest BCUT2D eigenvalue weighted by Crippen LogP contribution is 2.25. The summed E-state index contributed by atoms with van der Waals surface area (Å²) in [5, 5.41) is 3.03. The number of halogens is 1. The maximum absolute atomic E-state index is 13.3. The van der Waals surface area contributed by atoms with Crippen LogP contribution in [0.3, 0.4) is 0 Å². The van der Waals surface area contributed by atoms with E-state index in [9.17, 15) is 4.39 Å². The molecule has 0 bridgehead atoms. The topological polar surface area (TPSA) is 46.6 Å². The van der Waals surface area contributed by atoms with Crippen LogP contribution in [0.2, 0.25) is 0 Å². The summed E-state index contributed by atoms with van der Waals surface area (Å²) in [6, 6.07) is 1.51. The normalized spacial score (nSPS) is 23.1. The van der Waals surface area contributed by atoms with Crippen LogP contribution in [0.25, 0.3) is 0 Å². The molecule has 1 N–H and O–H groups in total. The molecule has 0 radical (unpaired) electrons. The van der Waals surface area contributed by atoms with Crippen LogP contribution in [0.5, 0.6) is 0 Å². The predicted molar refractivity (Wildman–Crippen MR) is 70.8 cm³/mol. The third kappa shape index (κ3) is 3.02. The summed E-state index contributed by atoms with van der Waals surface area (Å²) in [4.78, 5) is 6.29. The Morgan fingerprint density at radius 2 is 2.00 bits per heavy atom. The number of ether oxygens (including phenoxy) is 2. The number of rotatable bonds is 5. The van der Waals surface area contributed by atoms with E-state index in [4.69, 9.17) is 9.47 Å². The largest absolute Gasteiger partial charge is 0.377 e. The number of hydrogen-bond acceptors (Lipinski definition) is 5. The smallest absolute Gasteiger partial charge is 0.141 e. The van der Waals surface area contributed by atoms with Gasteiger partial charge < -0.3 is 19.7 Å². The van der Waals surface area contributed by atoms with E-state index in [0.29, 0.717) is 19.6 Å². The van der Waals surface area contributed by atoms with Gasteiger partial charge in [0.05, 0.1) is 6.20 Å². The Kier molecular flexibility index (Phi) is 4.68. The van der Waals surface area contributed by atoms with Crippen LogP contribution < -0.4 is 10.2 Å². The number of anilines is 1. The Morgan fingerprint density at radius 1 is 1.37 bits per heavy atom. The molecule has 1 fully saturated rings. The molecular formula is C13H20FN3O2. The second-order valence-corrected chi connectivity index (χ2v) is 4.62. The average molecular weight is 269 g/mol. The highest BCUT2D eigenvalue weighted by molar-refractivity contribution is 5.48. The Hall–Kier alpha value is -1.24. The van der Waals surface area contributed by atoms with Crippen molar-refractivity contribution < 1.29 is 13.9 Å². The monoisotopic (exact) mass is 269 g/mol. The minimum absolute atomic E-state index is 0.0132. The summed E-state index contributed by atoms with van der Waals surface area (Å²) in [6.45, 7) is 1.97. The van der Waals surface area contributed by atoms with Crippen molar-refractivity contribution in [2.24, 2.45) is 0 Å².